The van der Waals surface area contributed by atoms with Crippen LogP contribution in [-0.2, 0) is 4.79 Å². The van der Waals surface area contributed by atoms with Gasteiger partial charge in [-0.2, -0.15) is 0 Å². The number of rotatable bonds is 5. The standard InChI is InChI=1S/C14H21NO4/c1-8-5-11(19-4)6-9(2)13(8)14(18)12(17)7-15-10(3)16/h5-6,12,14,17-18H,7H2,1-4H3,(H,15,16). The largest absolute Gasteiger partial charge is 0.497 e. The molecule has 0 aromatic heterocycles. The number of nitrogens with one attached hydrogen (secondary N) is 1. The van der Waals surface area contributed by atoms with Crippen molar-refractivity contribution >= 4 is 5.91 Å². The summed E-state index contributed by atoms with van der Waals surface area (Å²) in [6.45, 7) is 5.07. The van der Waals surface area contributed by atoms with E-state index in [4.69, 9.17) is 4.74 Å². The third kappa shape index (κ3) is 3.94. The Morgan fingerprint density at radius 1 is 1.32 bits per heavy atom. The Hall–Kier alpha value is -1.59. The molecule has 2 atom stereocenters. The highest BCUT2D eigenvalue weighted by Crippen LogP contribution is 2.28. The molecule has 1 amide bonds. The van der Waals surface area contributed by atoms with Crippen molar-refractivity contribution in [1.82, 2.24) is 5.32 Å². The number of aryl methyl sites for hydroxylation is 2. The Bertz CT molecular complexity index is 436. The molecule has 1 aromatic rings. The van der Waals surface area contributed by atoms with Gasteiger partial charge in [-0.3, -0.25) is 4.79 Å². The van der Waals surface area contributed by atoms with Gasteiger partial charge in [0.1, 0.15) is 18.0 Å². The van der Waals surface area contributed by atoms with Gasteiger partial charge in [0.05, 0.1) is 7.11 Å². The van der Waals surface area contributed by atoms with Crippen LogP contribution in [0.5, 0.6) is 5.75 Å². The molecule has 0 saturated carbocycles. The molecule has 5 nitrogen and oxygen atoms in total. The summed E-state index contributed by atoms with van der Waals surface area (Å²) in [6.07, 6.45) is -2.09. The Kier molecular flexibility index (Phi) is 5.32. The van der Waals surface area contributed by atoms with E-state index in [0.29, 0.717) is 11.3 Å². The van der Waals surface area contributed by atoms with Crippen molar-refractivity contribution in [2.45, 2.75) is 33.0 Å². The van der Waals surface area contributed by atoms with Crippen LogP contribution >= 0.6 is 0 Å². The van der Waals surface area contributed by atoms with Gasteiger partial charge in [-0.15, -0.1) is 0 Å². The highest BCUT2D eigenvalue weighted by atomic mass is 16.5. The van der Waals surface area contributed by atoms with E-state index >= 15 is 0 Å². The molecule has 0 spiro atoms. The van der Waals surface area contributed by atoms with Gasteiger partial charge in [-0.05, 0) is 42.7 Å². The Balaban J connectivity index is 2.92. The van der Waals surface area contributed by atoms with E-state index in [1.54, 1.807) is 19.2 Å². The van der Waals surface area contributed by atoms with Crippen molar-refractivity contribution in [3.8, 4) is 5.75 Å². The van der Waals surface area contributed by atoms with Crippen LogP contribution in [0.2, 0.25) is 0 Å². The average molecular weight is 267 g/mol. The molecule has 0 radical (unpaired) electrons. The minimum Gasteiger partial charge on any atom is -0.497 e. The summed E-state index contributed by atoms with van der Waals surface area (Å²) in [7, 11) is 1.58. The fourth-order valence-electron chi connectivity index (χ4n) is 2.07. The van der Waals surface area contributed by atoms with Gasteiger partial charge in [-0.25, -0.2) is 0 Å². The Morgan fingerprint density at radius 2 is 1.84 bits per heavy atom. The lowest BCUT2D eigenvalue weighted by Gasteiger charge is -2.22. The second kappa shape index (κ2) is 6.54. The van der Waals surface area contributed by atoms with Crippen LogP contribution in [0.4, 0.5) is 0 Å². The number of ether oxygens (including phenoxy) is 1. The molecule has 0 fully saturated rings. The molecule has 19 heavy (non-hydrogen) atoms. The lowest BCUT2D eigenvalue weighted by molar-refractivity contribution is -0.119. The number of amides is 1. The normalized spacial score (nSPS) is 13.8. The Morgan fingerprint density at radius 3 is 2.26 bits per heavy atom. The summed E-state index contributed by atoms with van der Waals surface area (Å²) >= 11 is 0. The van der Waals surface area contributed by atoms with Crippen LogP contribution in [0.3, 0.4) is 0 Å². The van der Waals surface area contributed by atoms with Crippen molar-refractivity contribution in [2.75, 3.05) is 13.7 Å². The van der Waals surface area contributed by atoms with Crippen molar-refractivity contribution in [3.63, 3.8) is 0 Å². The Labute approximate surface area is 113 Å². The van der Waals surface area contributed by atoms with E-state index in [-0.39, 0.29) is 12.5 Å². The van der Waals surface area contributed by atoms with Crippen LogP contribution in [0, 0.1) is 13.8 Å². The fourth-order valence-corrected chi connectivity index (χ4v) is 2.07. The number of hydrogen-bond acceptors (Lipinski definition) is 4. The molecule has 2 unspecified atom stereocenters. The molecule has 1 aromatic carbocycles. The number of aliphatic hydroxyl groups excluding tert-OH is 2. The molecular weight excluding hydrogens is 246 g/mol. The maximum absolute atomic E-state index is 10.8. The van der Waals surface area contributed by atoms with Gasteiger partial charge in [-0.1, -0.05) is 0 Å². The highest BCUT2D eigenvalue weighted by Gasteiger charge is 2.22. The maximum atomic E-state index is 10.8. The van der Waals surface area contributed by atoms with E-state index in [1.165, 1.54) is 6.92 Å². The van der Waals surface area contributed by atoms with Gasteiger partial charge >= 0.3 is 0 Å². The summed E-state index contributed by atoms with van der Waals surface area (Å²) < 4.78 is 5.15. The number of carbonyl (C=O) groups excluding carboxylic acids is 1. The van der Waals surface area contributed by atoms with E-state index in [9.17, 15) is 15.0 Å². The average Bonchev–Trinajstić information content (AvgIpc) is 2.34. The first-order valence-corrected chi connectivity index (χ1v) is 6.12. The zero-order valence-corrected chi connectivity index (χ0v) is 11.7. The zero-order valence-electron chi connectivity index (χ0n) is 11.7. The van der Waals surface area contributed by atoms with Crippen LogP contribution in [-0.4, -0.2) is 35.9 Å². The molecule has 0 heterocycles. The summed E-state index contributed by atoms with van der Waals surface area (Å²) in [5.74, 6) is 0.469. The molecule has 0 aliphatic heterocycles. The molecular formula is C14H21NO4. The summed E-state index contributed by atoms with van der Waals surface area (Å²) in [4.78, 5) is 10.8. The maximum Gasteiger partial charge on any atom is 0.216 e. The molecule has 0 bridgehead atoms. The van der Waals surface area contributed by atoms with Gasteiger partial charge in [0.2, 0.25) is 5.91 Å². The molecule has 1 rings (SSSR count). The lowest BCUT2D eigenvalue weighted by atomic mass is 9.94. The first-order chi connectivity index (χ1) is 8.86. The van der Waals surface area contributed by atoms with Crippen molar-refractivity contribution in [2.24, 2.45) is 0 Å². The van der Waals surface area contributed by atoms with Crippen molar-refractivity contribution < 1.29 is 19.7 Å². The topological polar surface area (TPSA) is 78.8 Å². The van der Waals surface area contributed by atoms with Gasteiger partial charge < -0.3 is 20.3 Å². The zero-order chi connectivity index (χ0) is 14.6. The number of hydrogen-bond donors (Lipinski definition) is 3. The van der Waals surface area contributed by atoms with Gasteiger partial charge in [0.25, 0.3) is 0 Å². The fraction of sp³-hybridized carbons (Fsp3) is 0.500. The number of benzene rings is 1. The minimum absolute atomic E-state index is 0.0153. The quantitative estimate of drug-likeness (QED) is 0.739. The molecule has 5 heteroatoms. The second-order valence-corrected chi connectivity index (χ2v) is 4.62. The number of carbonyl (C=O) groups is 1. The molecule has 3 N–H and O–H groups in total. The molecule has 106 valence electrons. The van der Waals surface area contributed by atoms with Crippen LogP contribution in [0.1, 0.15) is 29.7 Å². The van der Waals surface area contributed by atoms with Gasteiger partial charge in [0, 0.05) is 13.5 Å². The van der Waals surface area contributed by atoms with Crippen molar-refractivity contribution in [1.29, 1.82) is 0 Å². The number of aliphatic hydroxyl groups is 2. The monoisotopic (exact) mass is 267 g/mol. The molecule has 0 aliphatic carbocycles. The van der Waals surface area contributed by atoms with Crippen LogP contribution in [0.15, 0.2) is 12.1 Å². The number of methoxy groups -OCH3 is 1. The molecule has 0 aliphatic rings. The molecule has 0 saturated heterocycles. The summed E-state index contributed by atoms with van der Waals surface area (Å²) in [6, 6.07) is 3.60. The predicted octanol–water partition coefficient (Wildman–Crippen LogP) is 0.842. The van der Waals surface area contributed by atoms with Crippen LogP contribution < -0.4 is 10.1 Å². The van der Waals surface area contributed by atoms with E-state index < -0.39 is 12.2 Å². The van der Waals surface area contributed by atoms with E-state index in [0.717, 1.165) is 11.1 Å². The van der Waals surface area contributed by atoms with E-state index in [1.807, 2.05) is 13.8 Å². The highest BCUT2D eigenvalue weighted by molar-refractivity contribution is 5.72. The van der Waals surface area contributed by atoms with Crippen LogP contribution in [0.25, 0.3) is 0 Å². The SMILES string of the molecule is COc1cc(C)c(C(O)C(O)CNC(C)=O)c(C)c1. The van der Waals surface area contributed by atoms with Crippen molar-refractivity contribution in [3.05, 3.63) is 28.8 Å². The third-order valence-corrected chi connectivity index (χ3v) is 3.02. The smallest absolute Gasteiger partial charge is 0.216 e. The third-order valence-electron chi connectivity index (χ3n) is 3.02. The minimum atomic E-state index is -1.05. The lowest BCUT2D eigenvalue weighted by Crippen LogP contribution is -2.34. The predicted molar refractivity (Wildman–Crippen MR) is 72.1 cm³/mol. The first kappa shape index (κ1) is 15.5. The van der Waals surface area contributed by atoms with Gasteiger partial charge in [0.15, 0.2) is 0 Å². The second-order valence-electron chi connectivity index (χ2n) is 4.62. The van der Waals surface area contributed by atoms with E-state index in [2.05, 4.69) is 5.32 Å². The first-order valence-electron chi connectivity index (χ1n) is 6.12. The summed E-state index contributed by atoms with van der Waals surface area (Å²) in [5.41, 5.74) is 2.34. The summed E-state index contributed by atoms with van der Waals surface area (Å²) in [5, 5.41) is 22.6.